The second-order valence-electron chi connectivity index (χ2n) is 7.11. The van der Waals surface area contributed by atoms with E-state index in [1.165, 1.54) is 30.2 Å². The van der Waals surface area contributed by atoms with Crippen LogP contribution < -0.4 is 5.32 Å². The summed E-state index contributed by atoms with van der Waals surface area (Å²) in [5.41, 5.74) is 4.33. The van der Waals surface area contributed by atoms with E-state index in [-0.39, 0.29) is 5.91 Å². The number of nitrogens with zero attached hydrogens (tertiary/aromatic N) is 5. The van der Waals surface area contributed by atoms with Crippen LogP contribution in [0, 0.1) is 13.8 Å². The highest BCUT2D eigenvalue weighted by atomic mass is 32.2. The Bertz CT molecular complexity index is 960. The van der Waals surface area contributed by atoms with Crippen molar-refractivity contribution in [3.8, 4) is 0 Å². The predicted octanol–water partition coefficient (Wildman–Crippen LogP) is 2.88. The van der Waals surface area contributed by atoms with Gasteiger partial charge in [-0.05, 0) is 32.3 Å². The number of amides is 1. The Morgan fingerprint density at radius 3 is 2.79 bits per heavy atom. The fourth-order valence-corrected chi connectivity index (χ4v) is 4.02. The zero-order valence-corrected chi connectivity index (χ0v) is 16.9. The third kappa shape index (κ3) is 4.27. The molecular formula is C20H24N6OS. The molecule has 28 heavy (non-hydrogen) atoms. The van der Waals surface area contributed by atoms with Gasteiger partial charge in [0.15, 0.2) is 5.16 Å². The number of carbonyl (C=O) groups is 1. The van der Waals surface area contributed by atoms with Crippen molar-refractivity contribution < 1.29 is 4.79 Å². The molecule has 7 nitrogen and oxygen atoms in total. The molecule has 146 valence electrons. The average Bonchev–Trinajstić information content (AvgIpc) is 3.37. The highest BCUT2D eigenvalue weighted by molar-refractivity contribution is 7.99. The van der Waals surface area contributed by atoms with E-state index in [0.717, 1.165) is 28.7 Å². The number of aryl methyl sites for hydroxylation is 1. The Balaban J connectivity index is 1.32. The molecule has 1 aliphatic rings. The first-order chi connectivity index (χ1) is 13.6. The van der Waals surface area contributed by atoms with E-state index in [4.69, 9.17) is 0 Å². The fourth-order valence-electron chi connectivity index (χ4n) is 3.21. The summed E-state index contributed by atoms with van der Waals surface area (Å²) in [5.74, 6) is 0.326. The van der Waals surface area contributed by atoms with Crippen LogP contribution in [0.15, 0.2) is 41.8 Å². The standard InChI is InChI=1S/C20H24N6OS/c1-14-18(15(2)26(24-14)11-16-6-4-3-5-7-16)10-21-19(27)12-28-20-23-22-13-25(20)17-8-9-17/h3-7,13,17H,8-12H2,1-2H3,(H,21,27). The van der Waals surface area contributed by atoms with E-state index in [2.05, 4.69) is 44.2 Å². The minimum absolute atomic E-state index is 0.00930. The van der Waals surface area contributed by atoms with Crippen molar-refractivity contribution in [2.45, 2.75) is 51.0 Å². The van der Waals surface area contributed by atoms with E-state index in [0.29, 0.717) is 18.3 Å². The highest BCUT2D eigenvalue weighted by Crippen LogP contribution is 2.37. The Morgan fingerprint density at radius 2 is 2.04 bits per heavy atom. The second kappa shape index (κ2) is 8.18. The monoisotopic (exact) mass is 396 g/mol. The molecule has 1 fully saturated rings. The van der Waals surface area contributed by atoms with Gasteiger partial charge >= 0.3 is 0 Å². The van der Waals surface area contributed by atoms with Gasteiger partial charge in [0.25, 0.3) is 0 Å². The molecule has 0 aliphatic heterocycles. The molecule has 0 unspecified atom stereocenters. The van der Waals surface area contributed by atoms with E-state index >= 15 is 0 Å². The molecule has 8 heteroatoms. The first-order valence-electron chi connectivity index (χ1n) is 9.47. The molecule has 0 atom stereocenters. The summed E-state index contributed by atoms with van der Waals surface area (Å²) in [6, 6.07) is 10.8. The van der Waals surface area contributed by atoms with Gasteiger partial charge in [-0.3, -0.25) is 9.48 Å². The molecular weight excluding hydrogens is 372 g/mol. The summed E-state index contributed by atoms with van der Waals surface area (Å²) >= 11 is 1.44. The Labute approximate surface area is 168 Å². The van der Waals surface area contributed by atoms with Crippen molar-refractivity contribution >= 4 is 17.7 Å². The van der Waals surface area contributed by atoms with Crippen LogP contribution in [-0.4, -0.2) is 36.2 Å². The van der Waals surface area contributed by atoms with Gasteiger partial charge in [-0.25, -0.2) is 0 Å². The number of nitrogens with one attached hydrogen (secondary N) is 1. The molecule has 2 aromatic heterocycles. The smallest absolute Gasteiger partial charge is 0.230 e. The van der Waals surface area contributed by atoms with Gasteiger partial charge < -0.3 is 9.88 Å². The molecule has 1 aromatic carbocycles. The van der Waals surface area contributed by atoms with Crippen molar-refractivity contribution in [2.24, 2.45) is 0 Å². The van der Waals surface area contributed by atoms with E-state index < -0.39 is 0 Å². The van der Waals surface area contributed by atoms with Gasteiger partial charge in [-0.2, -0.15) is 5.10 Å². The van der Waals surface area contributed by atoms with Gasteiger partial charge in [0.1, 0.15) is 6.33 Å². The van der Waals surface area contributed by atoms with Gasteiger partial charge in [-0.15, -0.1) is 10.2 Å². The number of hydrogen-bond donors (Lipinski definition) is 1. The summed E-state index contributed by atoms with van der Waals surface area (Å²) < 4.78 is 4.07. The Hall–Kier alpha value is -2.61. The second-order valence-corrected chi connectivity index (χ2v) is 8.05. The quantitative estimate of drug-likeness (QED) is 0.593. The molecule has 1 N–H and O–H groups in total. The summed E-state index contributed by atoms with van der Waals surface area (Å²) in [5, 5.41) is 16.6. The summed E-state index contributed by atoms with van der Waals surface area (Å²) in [4.78, 5) is 12.3. The third-order valence-corrected chi connectivity index (χ3v) is 5.94. The van der Waals surface area contributed by atoms with Crippen LogP contribution in [0.4, 0.5) is 0 Å². The number of aromatic nitrogens is 5. The fraction of sp³-hybridized carbons (Fsp3) is 0.400. The molecule has 0 radical (unpaired) electrons. The lowest BCUT2D eigenvalue weighted by atomic mass is 10.2. The average molecular weight is 397 g/mol. The molecule has 2 heterocycles. The van der Waals surface area contributed by atoms with Crippen LogP contribution in [0.2, 0.25) is 0 Å². The van der Waals surface area contributed by atoms with Crippen molar-refractivity contribution in [1.82, 2.24) is 29.9 Å². The highest BCUT2D eigenvalue weighted by Gasteiger charge is 2.26. The van der Waals surface area contributed by atoms with Crippen molar-refractivity contribution in [1.29, 1.82) is 0 Å². The Kier molecular flexibility index (Phi) is 5.47. The molecule has 1 amide bonds. The first-order valence-corrected chi connectivity index (χ1v) is 10.5. The maximum atomic E-state index is 12.3. The lowest BCUT2D eigenvalue weighted by Gasteiger charge is -2.08. The minimum Gasteiger partial charge on any atom is -0.351 e. The topological polar surface area (TPSA) is 77.6 Å². The normalized spacial score (nSPS) is 13.6. The van der Waals surface area contributed by atoms with Crippen molar-refractivity contribution in [2.75, 3.05) is 5.75 Å². The van der Waals surface area contributed by atoms with Gasteiger partial charge in [0.05, 0.1) is 18.0 Å². The van der Waals surface area contributed by atoms with Gasteiger partial charge in [0.2, 0.25) is 5.91 Å². The van der Waals surface area contributed by atoms with Crippen molar-refractivity contribution in [3.63, 3.8) is 0 Å². The van der Waals surface area contributed by atoms with Crippen LogP contribution in [0.1, 0.15) is 41.4 Å². The SMILES string of the molecule is Cc1nn(Cc2ccccc2)c(C)c1CNC(=O)CSc1nncn1C1CC1. The van der Waals surface area contributed by atoms with Crippen LogP contribution >= 0.6 is 11.8 Å². The first kappa shape index (κ1) is 18.7. The van der Waals surface area contributed by atoms with Crippen LogP contribution in [0.3, 0.4) is 0 Å². The lowest BCUT2D eigenvalue weighted by Crippen LogP contribution is -2.25. The summed E-state index contributed by atoms with van der Waals surface area (Å²) in [7, 11) is 0. The molecule has 0 spiro atoms. The molecule has 4 rings (SSSR count). The van der Waals surface area contributed by atoms with E-state index in [1.807, 2.05) is 29.8 Å². The predicted molar refractivity (Wildman–Crippen MR) is 108 cm³/mol. The molecule has 0 bridgehead atoms. The zero-order chi connectivity index (χ0) is 19.5. The molecule has 1 aliphatic carbocycles. The van der Waals surface area contributed by atoms with Gasteiger partial charge in [-0.1, -0.05) is 42.1 Å². The maximum absolute atomic E-state index is 12.3. The zero-order valence-electron chi connectivity index (χ0n) is 16.1. The van der Waals surface area contributed by atoms with E-state index in [9.17, 15) is 4.79 Å². The lowest BCUT2D eigenvalue weighted by molar-refractivity contribution is -0.118. The van der Waals surface area contributed by atoms with Crippen molar-refractivity contribution in [3.05, 3.63) is 59.2 Å². The van der Waals surface area contributed by atoms with Crippen LogP contribution in [0.25, 0.3) is 0 Å². The molecule has 3 aromatic rings. The number of carbonyl (C=O) groups excluding carboxylic acids is 1. The molecule has 1 saturated carbocycles. The molecule has 0 saturated heterocycles. The summed E-state index contributed by atoms with van der Waals surface area (Å²) in [6.07, 6.45) is 4.10. The minimum atomic E-state index is -0.00930. The Morgan fingerprint density at radius 1 is 1.25 bits per heavy atom. The third-order valence-electron chi connectivity index (χ3n) is 4.98. The maximum Gasteiger partial charge on any atom is 0.230 e. The number of hydrogen-bond acceptors (Lipinski definition) is 5. The van der Waals surface area contributed by atoms with Crippen LogP contribution in [-0.2, 0) is 17.9 Å². The number of rotatable bonds is 8. The van der Waals surface area contributed by atoms with E-state index in [1.54, 1.807) is 6.33 Å². The van der Waals surface area contributed by atoms with Crippen LogP contribution in [0.5, 0.6) is 0 Å². The largest absolute Gasteiger partial charge is 0.351 e. The number of benzene rings is 1. The van der Waals surface area contributed by atoms with Gasteiger partial charge in [0, 0.05) is 23.8 Å². The summed E-state index contributed by atoms with van der Waals surface area (Å²) in [6.45, 7) is 5.26. The number of thioether (sulfide) groups is 1.